The molecule has 1 aliphatic carbocycles. The van der Waals surface area contributed by atoms with E-state index < -0.39 is 17.6 Å². The fraction of sp³-hybridized carbons (Fsp3) is 0.462. The third-order valence-electron chi connectivity index (χ3n) is 7.43. The lowest BCUT2D eigenvalue weighted by atomic mass is 9.76. The third-order valence-corrected chi connectivity index (χ3v) is 7.43. The van der Waals surface area contributed by atoms with Gasteiger partial charge < -0.3 is 15.4 Å². The monoisotopic (exact) mass is 487 g/mol. The van der Waals surface area contributed by atoms with Gasteiger partial charge in [-0.05, 0) is 55.0 Å². The second kappa shape index (κ2) is 9.28. The van der Waals surface area contributed by atoms with Crippen LogP contribution in [-0.4, -0.2) is 48.4 Å². The number of fused-ring (bicyclic) bond motifs is 2. The van der Waals surface area contributed by atoms with Gasteiger partial charge in [-0.2, -0.15) is 13.2 Å². The van der Waals surface area contributed by atoms with Crippen LogP contribution >= 0.6 is 0 Å². The van der Waals surface area contributed by atoms with E-state index in [4.69, 9.17) is 4.74 Å². The number of benzene rings is 2. The summed E-state index contributed by atoms with van der Waals surface area (Å²) in [6.07, 6.45) is -0.463. The quantitative estimate of drug-likeness (QED) is 0.676. The van der Waals surface area contributed by atoms with Gasteiger partial charge in [-0.3, -0.25) is 14.5 Å². The van der Waals surface area contributed by atoms with Crippen LogP contribution in [-0.2, 0) is 27.9 Å². The lowest BCUT2D eigenvalue weighted by molar-refractivity contribution is -0.137. The summed E-state index contributed by atoms with van der Waals surface area (Å²) in [6.45, 7) is 1.90. The molecule has 1 saturated carbocycles. The van der Waals surface area contributed by atoms with Crippen LogP contribution in [0.25, 0.3) is 0 Å². The maximum absolute atomic E-state index is 12.8. The molecule has 2 fully saturated rings. The van der Waals surface area contributed by atoms with Gasteiger partial charge in [0.05, 0.1) is 30.4 Å². The molecule has 0 atom stereocenters. The number of likely N-dealkylation sites (tertiary alicyclic amines) is 1. The molecule has 9 heteroatoms. The number of rotatable bonds is 5. The fourth-order valence-corrected chi connectivity index (χ4v) is 5.51. The van der Waals surface area contributed by atoms with E-state index in [1.54, 1.807) is 0 Å². The molecule has 6 nitrogen and oxygen atoms in total. The number of amides is 2. The lowest BCUT2D eigenvalue weighted by Gasteiger charge is -2.48. The highest BCUT2D eigenvalue weighted by Gasteiger charge is 2.45. The smallest absolute Gasteiger partial charge is 0.366 e. The second-order valence-corrected chi connectivity index (χ2v) is 9.65. The van der Waals surface area contributed by atoms with E-state index >= 15 is 0 Å². The Morgan fingerprint density at radius 1 is 1.06 bits per heavy atom. The molecule has 0 aromatic heterocycles. The summed E-state index contributed by atoms with van der Waals surface area (Å²) in [5.74, 6) is -1.07. The van der Waals surface area contributed by atoms with Gasteiger partial charge in [0.1, 0.15) is 0 Å². The van der Waals surface area contributed by atoms with Crippen LogP contribution in [0.15, 0.2) is 48.5 Å². The van der Waals surface area contributed by atoms with Crippen LogP contribution < -0.4 is 10.6 Å². The van der Waals surface area contributed by atoms with Gasteiger partial charge in [0.25, 0.3) is 5.91 Å². The number of nitrogens with zero attached hydrogens (tertiary/aromatic N) is 1. The highest BCUT2D eigenvalue weighted by atomic mass is 19.4. The zero-order valence-corrected chi connectivity index (χ0v) is 19.2. The molecule has 2 aromatic carbocycles. The first-order valence-corrected chi connectivity index (χ1v) is 11.9. The Morgan fingerprint density at radius 3 is 2.54 bits per heavy atom. The van der Waals surface area contributed by atoms with Crippen LogP contribution in [0.1, 0.15) is 52.7 Å². The molecule has 2 heterocycles. The van der Waals surface area contributed by atoms with E-state index in [1.807, 2.05) is 0 Å². The van der Waals surface area contributed by atoms with E-state index in [9.17, 15) is 22.8 Å². The minimum Gasteiger partial charge on any atom is -0.366 e. The Morgan fingerprint density at radius 2 is 1.80 bits per heavy atom. The Kier molecular flexibility index (Phi) is 6.31. The maximum atomic E-state index is 12.8. The van der Waals surface area contributed by atoms with Gasteiger partial charge in [-0.25, -0.2) is 0 Å². The van der Waals surface area contributed by atoms with Crippen molar-refractivity contribution >= 4 is 11.8 Å². The van der Waals surface area contributed by atoms with Crippen LogP contribution in [0.3, 0.4) is 0 Å². The van der Waals surface area contributed by atoms with Crippen molar-refractivity contribution in [2.75, 3.05) is 19.6 Å². The maximum Gasteiger partial charge on any atom is 0.416 e. The van der Waals surface area contributed by atoms with Gasteiger partial charge in [0.15, 0.2) is 0 Å². The number of carbonyl (C=O) groups is 2. The first-order valence-electron chi connectivity index (χ1n) is 11.9. The summed E-state index contributed by atoms with van der Waals surface area (Å²) >= 11 is 0. The summed E-state index contributed by atoms with van der Waals surface area (Å²) in [4.78, 5) is 26.8. The first kappa shape index (κ1) is 23.8. The van der Waals surface area contributed by atoms with Gasteiger partial charge >= 0.3 is 6.18 Å². The highest BCUT2D eigenvalue weighted by molar-refractivity contribution is 5.96. The Balaban J connectivity index is 1.04. The zero-order valence-electron chi connectivity index (χ0n) is 19.2. The molecule has 5 rings (SSSR count). The average molecular weight is 488 g/mol. The number of hydrogen-bond donors (Lipinski definition) is 2. The van der Waals surface area contributed by atoms with E-state index in [0.717, 1.165) is 50.9 Å². The minimum absolute atomic E-state index is 0.00676. The van der Waals surface area contributed by atoms with E-state index in [-0.39, 0.29) is 29.7 Å². The highest BCUT2D eigenvalue weighted by Crippen LogP contribution is 2.47. The Hall–Kier alpha value is -2.91. The summed E-state index contributed by atoms with van der Waals surface area (Å²) in [6, 6.07) is 13.1. The van der Waals surface area contributed by atoms with Crippen LogP contribution in [0.4, 0.5) is 13.2 Å². The SMILES string of the molecule is O=C(CNC(=O)c1cccc(C(F)(F)F)c1)NC1CN([C@H]2CC[C@@]3(CC2)OCc2ccccc23)C1. The van der Waals surface area contributed by atoms with Gasteiger partial charge in [0, 0.05) is 24.7 Å². The molecule has 1 spiro atoms. The van der Waals surface area contributed by atoms with Crippen molar-refractivity contribution in [1.82, 2.24) is 15.5 Å². The third kappa shape index (κ3) is 4.92. The molecule has 1 saturated heterocycles. The van der Waals surface area contributed by atoms with Gasteiger partial charge in [-0.1, -0.05) is 30.3 Å². The molecule has 0 unspecified atom stereocenters. The molecule has 2 amide bonds. The summed E-state index contributed by atoms with van der Waals surface area (Å²) in [7, 11) is 0. The molecule has 0 bridgehead atoms. The predicted molar refractivity (Wildman–Crippen MR) is 122 cm³/mol. The van der Waals surface area contributed by atoms with Gasteiger partial charge in [0.2, 0.25) is 5.91 Å². The minimum atomic E-state index is -4.53. The van der Waals surface area contributed by atoms with Crippen molar-refractivity contribution in [2.24, 2.45) is 0 Å². The van der Waals surface area contributed by atoms with Gasteiger partial charge in [-0.15, -0.1) is 0 Å². The number of ether oxygens (including phenoxy) is 1. The van der Waals surface area contributed by atoms with Crippen LogP contribution in [0.5, 0.6) is 0 Å². The number of nitrogens with one attached hydrogen (secondary N) is 2. The molecule has 35 heavy (non-hydrogen) atoms. The molecule has 2 N–H and O–H groups in total. The van der Waals surface area contributed by atoms with Crippen LogP contribution in [0.2, 0.25) is 0 Å². The molecule has 3 aliphatic rings. The van der Waals surface area contributed by atoms with Crippen molar-refractivity contribution in [3.8, 4) is 0 Å². The Labute approximate surface area is 201 Å². The number of carbonyl (C=O) groups excluding carboxylic acids is 2. The van der Waals surface area contributed by atoms with Crippen molar-refractivity contribution < 1.29 is 27.5 Å². The fourth-order valence-electron chi connectivity index (χ4n) is 5.51. The molecule has 0 radical (unpaired) electrons. The average Bonchev–Trinajstić information content (AvgIpc) is 3.18. The van der Waals surface area contributed by atoms with Crippen molar-refractivity contribution in [3.05, 3.63) is 70.8 Å². The Bertz CT molecular complexity index is 1110. The van der Waals surface area contributed by atoms with Crippen molar-refractivity contribution in [3.63, 3.8) is 0 Å². The molecule has 2 aliphatic heterocycles. The number of halogens is 3. The first-order chi connectivity index (χ1) is 16.7. The summed E-state index contributed by atoms with van der Waals surface area (Å²) < 4.78 is 44.7. The van der Waals surface area contributed by atoms with Crippen LogP contribution in [0, 0.1) is 0 Å². The lowest BCUT2D eigenvalue weighted by Crippen LogP contribution is -2.63. The van der Waals surface area contributed by atoms with E-state index in [1.165, 1.54) is 23.3 Å². The van der Waals surface area contributed by atoms with Crippen molar-refractivity contribution in [2.45, 2.75) is 56.2 Å². The summed E-state index contributed by atoms with van der Waals surface area (Å²) in [5, 5.41) is 5.29. The molecule has 2 aromatic rings. The predicted octanol–water partition coefficient (Wildman–Crippen LogP) is 3.60. The summed E-state index contributed by atoms with van der Waals surface area (Å²) in [5.41, 5.74) is 1.44. The second-order valence-electron chi connectivity index (χ2n) is 9.65. The zero-order chi connectivity index (χ0) is 24.6. The standard InChI is InChI=1S/C26H28F3N3O3/c27-26(28,29)19-6-3-5-17(12-19)24(34)30-13-23(33)31-20-14-32(15-20)21-8-10-25(11-9-21)22-7-2-1-4-18(22)16-35-25/h1-7,12,20-21H,8-11,13-16H2,(H,30,34)(H,31,33)/t21-,25-. The van der Waals surface area contributed by atoms with Crippen molar-refractivity contribution in [1.29, 1.82) is 0 Å². The number of hydrogen-bond acceptors (Lipinski definition) is 4. The largest absolute Gasteiger partial charge is 0.416 e. The topological polar surface area (TPSA) is 70.7 Å². The molecular weight excluding hydrogens is 459 g/mol. The molecule has 186 valence electrons. The van der Waals surface area contributed by atoms with E-state index in [2.05, 4.69) is 39.8 Å². The molecular formula is C26H28F3N3O3. The normalized spacial score (nSPS) is 24.6. The van der Waals surface area contributed by atoms with E-state index in [0.29, 0.717) is 12.6 Å². The number of alkyl halides is 3.